The van der Waals surface area contributed by atoms with Crippen LogP contribution < -0.4 is 5.32 Å². The van der Waals surface area contributed by atoms with Crippen molar-refractivity contribution in [2.75, 3.05) is 19.0 Å². The molecule has 8 heteroatoms. The minimum atomic E-state index is -0.389. The first-order valence-electron chi connectivity index (χ1n) is 9.84. The molecule has 1 fully saturated rings. The number of thiophene rings is 1. The maximum Gasteiger partial charge on any atom is 0.348 e. The smallest absolute Gasteiger partial charge is 0.348 e. The number of nitrogens with one attached hydrogen (secondary N) is 1. The zero-order valence-electron chi connectivity index (χ0n) is 17.5. The van der Waals surface area contributed by atoms with Gasteiger partial charge >= 0.3 is 5.97 Å². The van der Waals surface area contributed by atoms with E-state index in [2.05, 4.69) is 39.6 Å². The summed E-state index contributed by atoms with van der Waals surface area (Å²) < 4.78 is 4.89. The summed E-state index contributed by atoms with van der Waals surface area (Å²) in [5.74, 6) is 0.850. The van der Waals surface area contributed by atoms with Gasteiger partial charge in [0.15, 0.2) is 0 Å². The molecule has 1 unspecified atom stereocenters. The summed E-state index contributed by atoms with van der Waals surface area (Å²) in [6, 6.07) is 7.89. The number of amides is 1. The van der Waals surface area contributed by atoms with Gasteiger partial charge in [0.05, 0.1) is 12.5 Å². The Labute approximate surface area is 179 Å². The Morgan fingerprint density at radius 3 is 2.67 bits per heavy atom. The second kappa shape index (κ2) is 8.02. The number of fused-ring (bicyclic) bond motifs is 1. The van der Waals surface area contributed by atoms with Crippen molar-refractivity contribution >= 4 is 39.2 Å². The monoisotopic (exact) mass is 424 g/mol. The third-order valence-electron chi connectivity index (χ3n) is 5.38. The van der Waals surface area contributed by atoms with Gasteiger partial charge in [-0.25, -0.2) is 14.8 Å². The Morgan fingerprint density at radius 1 is 1.23 bits per heavy atom. The van der Waals surface area contributed by atoms with Gasteiger partial charge < -0.3 is 15.0 Å². The molecule has 1 amide bonds. The predicted molar refractivity (Wildman–Crippen MR) is 117 cm³/mol. The first-order chi connectivity index (χ1) is 14.4. The van der Waals surface area contributed by atoms with Crippen LogP contribution in [0, 0.1) is 20.8 Å². The number of rotatable bonds is 5. The lowest BCUT2D eigenvalue weighted by Crippen LogP contribution is -2.33. The van der Waals surface area contributed by atoms with Crippen LogP contribution in [0.2, 0.25) is 0 Å². The van der Waals surface area contributed by atoms with Crippen LogP contribution in [-0.2, 0) is 16.1 Å². The maximum absolute atomic E-state index is 13.0. The molecule has 156 valence electrons. The Bertz CT molecular complexity index is 1120. The van der Waals surface area contributed by atoms with Gasteiger partial charge in [0.25, 0.3) is 0 Å². The van der Waals surface area contributed by atoms with E-state index < -0.39 is 0 Å². The molecular weight excluding hydrogens is 400 g/mol. The molecule has 7 nitrogen and oxygen atoms in total. The molecule has 1 aromatic carbocycles. The van der Waals surface area contributed by atoms with Crippen molar-refractivity contribution in [3.8, 4) is 0 Å². The number of hydrogen-bond acceptors (Lipinski definition) is 7. The standard InChI is InChI=1S/C22H24N4O3S/c1-12-5-7-15(8-6-12)11-26-10-9-16(21(26)27)25-19-17-13(2)18(22(28)29-4)30-20(17)24-14(3)23-19/h5-8,16H,9-11H2,1-4H3,(H,23,24,25). The molecule has 4 rings (SSSR count). The van der Waals surface area contributed by atoms with Crippen LogP contribution in [0.4, 0.5) is 5.82 Å². The van der Waals surface area contributed by atoms with E-state index in [1.54, 1.807) is 6.92 Å². The van der Waals surface area contributed by atoms with Gasteiger partial charge in [0.1, 0.15) is 27.4 Å². The molecule has 2 aromatic heterocycles. The lowest BCUT2D eigenvalue weighted by Gasteiger charge is -2.18. The molecule has 1 aliphatic heterocycles. The summed E-state index contributed by atoms with van der Waals surface area (Å²) in [5, 5.41) is 4.10. The highest BCUT2D eigenvalue weighted by Crippen LogP contribution is 2.35. The van der Waals surface area contributed by atoms with Crippen LogP contribution >= 0.6 is 11.3 Å². The van der Waals surface area contributed by atoms with Crippen molar-refractivity contribution in [2.24, 2.45) is 0 Å². The molecule has 30 heavy (non-hydrogen) atoms. The minimum absolute atomic E-state index is 0.0565. The van der Waals surface area contributed by atoms with E-state index in [1.807, 2.05) is 18.7 Å². The highest BCUT2D eigenvalue weighted by atomic mass is 32.1. The quantitative estimate of drug-likeness (QED) is 0.630. The zero-order chi connectivity index (χ0) is 21.4. The number of esters is 1. The van der Waals surface area contributed by atoms with E-state index in [4.69, 9.17) is 4.74 Å². The largest absolute Gasteiger partial charge is 0.465 e. The Hall–Kier alpha value is -3.00. The summed E-state index contributed by atoms with van der Waals surface area (Å²) in [4.78, 5) is 37.2. The molecule has 0 saturated carbocycles. The average Bonchev–Trinajstić information content (AvgIpc) is 3.23. The van der Waals surface area contributed by atoms with E-state index >= 15 is 0 Å². The van der Waals surface area contributed by atoms with Gasteiger partial charge in [-0.1, -0.05) is 29.8 Å². The molecule has 0 aliphatic carbocycles. The Morgan fingerprint density at radius 2 is 1.97 bits per heavy atom. The van der Waals surface area contributed by atoms with Gasteiger partial charge in [-0.05, 0) is 38.3 Å². The number of benzene rings is 1. The number of methoxy groups -OCH3 is 1. The second-order valence-corrected chi connectivity index (χ2v) is 8.58. The van der Waals surface area contributed by atoms with Gasteiger partial charge in [-0.2, -0.15) is 0 Å². The normalized spacial score (nSPS) is 16.3. The van der Waals surface area contributed by atoms with E-state index in [1.165, 1.54) is 24.0 Å². The van der Waals surface area contributed by atoms with Crippen molar-refractivity contribution in [1.82, 2.24) is 14.9 Å². The zero-order valence-corrected chi connectivity index (χ0v) is 18.3. The Balaban J connectivity index is 1.58. The van der Waals surface area contributed by atoms with Crippen LogP contribution in [0.3, 0.4) is 0 Å². The van der Waals surface area contributed by atoms with Crippen molar-refractivity contribution in [3.63, 3.8) is 0 Å². The predicted octanol–water partition coefficient (Wildman–Crippen LogP) is 3.62. The van der Waals surface area contributed by atoms with Crippen LogP contribution in [-0.4, -0.2) is 46.4 Å². The summed E-state index contributed by atoms with van der Waals surface area (Å²) in [7, 11) is 1.36. The number of aryl methyl sites for hydroxylation is 3. The number of anilines is 1. The first-order valence-corrected chi connectivity index (χ1v) is 10.7. The summed E-state index contributed by atoms with van der Waals surface area (Å²) >= 11 is 1.29. The van der Waals surface area contributed by atoms with Crippen molar-refractivity contribution < 1.29 is 14.3 Å². The molecule has 0 radical (unpaired) electrons. The van der Waals surface area contributed by atoms with Crippen LogP contribution in [0.1, 0.15) is 38.6 Å². The fourth-order valence-corrected chi connectivity index (χ4v) is 4.89. The molecule has 1 atom stereocenters. The number of likely N-dealkylation sites (tertiary alicyclic amines) is 1. The van der Waals surface area contributed by atoms with Crippen LogP contribution in [0.15, 0.2) is 24.3 Å². The summed E-state index contributed by atoms with van der Waals surface area (Å²) in [6.45, 7) is 6.99. The number of aromatic nitrogens is 2. The third-order valence-corrected chi connectivity index (χ3v) is 6.54. The number of carbonyl (C=O) groups is 2. The van der Waals surface area contributed by atoms with E-state index in [0.29, 0.717) is 40.9 Å². The number of ether oxygens (including phenoxy) is 1. The number of carbonyl (C=O) groups excluding carboxylic acids is 2. The highest BCUT2D eigenvalue weighted by molar-refractivity contribution is 7.20. The molecule has 3 heterocycles. The SMILES string of the molecule is COC(=O)c1sc2nc(C)nc(NC3CCN(Cc4ccc(C)cc4)C3=O)c2c1C. The van der Waals surface area contributed by atoms with Gasteiger partial charge in [-0.3, -0.25) is 4.79 Å². The lowest BCUT2D eigenvalue weighted by molar-refractivity contribution is -0.128. The topological polar surface area (TPSA) is 84.4 Å². The van der Waals surface area contributed by atoms with E-state index in [0.717, 1.165) is 16.5 Å². The van der Waals surface area contributed by atoms with Crippen molar-refractivity contribution in [3.05, 3.63) is 51.7 Å². The molecule has 3 aromatic rings. The van der Waals surface area contributed by atoms with Gasteiger partial charge in [0.2, 0.25) is 5.91 Å². The molecule has 0 bridgehead atoms. The second-order valence-electron chi connectivity index (χ2n) is 7.58. The van der Waals surface area contributed by atoms with E-state index in [-0.39, 0.29) is 17.9 Å². The number of nitrogens with zero attached hydrogens (tertiary/aromatic N) is 3. The maximum atomic E-state index is 13.0. The van der Waals surface area contributed by atoms with Crippen molar-refractivity contribution in [1.29, 1.82) is 0 Å². The molecule has 0 spiro atoms. The van der Waals surface area contributed by atoms with Gasteiger partial charge in [0, 0.05) is 13.1 Å². The Kier molecular flexibility index (Phi) is 5.42. The molecule has 1 saturated heterocycles. The van der Waals surface area contributed by atoms with Crippen LogP contribution in [0.5, 0.6) is 0 Å². The van der Waals surface area contributed by atoms with Gasteiger partial charge in [-0.15, -0.1) is 11.3 Å². The third kappa shape index (κ3) is 3.75. The summed E-state index contributed by atoms with van der Waals surface area (Å²) in [6.07, 6.45) is 0.697. The number of hydrogen-bond donors (Lipinski definition) is 1. The highest BCUT2D eigenvalue weighted by Gasteiger charge is 2.33. The molecule has 1 N–H and O–H groups in total. The first kappa shape index (κ1) is 20.3. The molecule has 1 aliphatic rings. The van der Waals surface area contributed by atoms with Crippen LogP contribution in [0.25, 0.3) is 10.2 Å². The average molecular weight is 425 g/mol. The summed E-state index contributed by atoms with van der Waals surface area (Å²) in [5.41, 5.74) is 3.09. The molecular formula is C22H24N4O3S. The fourth-order valence-electron chi connectivity index (χ4n) is 3.75. The fraction of sp³-hybridized carbons (Fsp3) is 0.364. The van der Waals surface area contributed by atoms with E-state index in [9.17, 15) is 9.59 Å². The lowest BCUT2D eigenvalue weighted by atomic mass is 10.1. The minimum Gasteiger partial charge on any atom is -0.465 e. The van der Waals surface area contributed by atoms with Crippen molar-refractivity contribution in [2.45, 2.75) is 39.8 Å².